The fourth-order valence-electron chi connectivity index (χ4n) is 1.60. The first-order valence-corrected chi connectivity index (χ1v) is 7.01. The second kappa shape index (κ2) is 6.17. The lowest BCUT2D eigenvalue weighted by molar-refractivity contribution is 0.102. The van der Waals surface area contributed by atoms with Crippen LogP contribution in [-0.4, -0.2) is 10.9 Å². The highest BCUT2D eigenvalue weighted by atomic mass is 79.9. The standard InChI is InChI=1S/C14H12BrClN2O/c1-9-6-12(15)8-17-13(9)18-14(19)11-4-2-10(7-16)3-5-11/h2-6,8H,7H2,1H3,(H,17,18,19). The molecule has 0 spiro atoms. The zero-order chi connectivity index (χ0) is 13.8. The van der Waals surface area contributed by atoms with Crippen LogP contribution < -0.4 is 5.32 Å². The molecule has 1 amide bonds. The van der Waals surface area contributed by atoms with Gasteiger partial charge in [-0.2, -0.15) is 0 Å². The summed E-state index contributed by atoms with van der Waals surface area (Å²) in [4.78, 5) is 16.2. The van der Waals surface area contributed by atoms with E-state index in [9.17, 15) is 4.79 Å². The number of hydrogen-bond donors (Lipinski definition) is 1. The van der Waals surface area contributed by atoms with Crippen molar-refractivity contribution in [1.82, 2.24) is 4.98 Å². The van der Waals surface area contributed by atoms with Crippen LogP contribution in [0.15, 0.2) is 41.0 Å². The number of pyridine rings is 1. The Morgan fingerprint density at radius 3 is 2.63 bits per heavy atom. The second-order valence-corrected chi connectivity index (χ2v) is 5.29. The van der Waals surface area contributed by atoms with Gasteiger partial charge in [0.15, 0.2) is 0 Å². The molecule has 0 aliphatic rings. The monoisotopic (exact) mass is 338 g/mol. The van der Waals surface area contributed by atoms with Gasteiger partial charge in [-0.05, 0) is 52.2 Å². The smallest absolute Gasteiger partial charge is 0.256 e. The number of rotatable bonds is 3. The highest BCUT2D eigenvalue weighted by Crippen LogP contribution is 2.17. The van der Waals surface area contributed by atoms with Crippen LogP contribution in [0.5, 0.6) is 0 Å². The van der Waals surface area contributed by atoms with Crippen molar-refractivity contribution in [3.63, 3.8) is 0 Å². The normalized spacial score (nSPS) is 10.3. The predicted octanol–water partition coefficient (Wildman–Crippen LogP) is 4.14. The quantitative estimate of drug-likeness (QED) is 0.854. The number of aryl methyl sites for hydroxylation is 1. The van der Waals surface area contributed by atoms with Gasteiger partial charge in [0.05, 0.1) is 0 Å². The maximum Gasteiger partial charge on any atom is 0.256 e. The Morgan fingerprint density at radius 1 is 1.37 bits per heavy atom. The van der Waals surface area contributed by atoms with Crippen molar-refractivity contribution >= 4 is 39.3 Å². The van der Waals surface area contributed by atoms with Gasteiger partial charge in [-0.1, -0.05) is 12.1 Å². The van der Waals surface area contributed by atoms with Crippen LogP contribution in [0.3, 0.4) is 0 Å². The van der Waals surface area contributed by atoms with E-state index in [0.717, 1.165) is 15.6 Å². The third-order valence-corrected chi connectivity index (χ3v) is 3.39. The van der Waals surface area contributed by atoms with Gasteiger partial charge in [-0.25, -0.2) is 4.98 Å². The number of anilines is 1. The average molecular weight is 340 g/mol. The highest BCUT2D eigenvalue weighted by molar-refractivity contribution is 9.10. The number of amides is 1. The summed E-state index contributed by atoms with van der Waals surface area (Å²) < 4.78 is 0.884. The van der Waals surface area contributed by atoms with Gasteiger partial charge >= 0.3 is 0 Å². The van der Waals surface area contributed by atoms with Gasteiger partial charge in [-0.3, -0.25) is 4.79 Å². The molecular weight excluding hydrogens is 328 g/mol. The zero-order valence-electron chi connectivity index (χ0n) is 10.3. The average Bonchev–Trinajstić information content (AvgIpc) is 2.42. The van der Waals surface area contributed by atoms with Crippen molar-refractivity contribution < 1.29 is 4.79 Å². The maximum atomic E-state index is 12.1. The fourth-order valence-corrected chi connectivity index (χ4v) is 2.22. The van der Waals surface area contributed by atoms with E-state index >= 15 is 0 Å². The summed E-state index contributed by atoms with van der Waals surface area (Å²) in [5.41, 5.74) is 2.47. The Balaban J connectivity index is 2.15. The molecule has 19 heavy (non-hydrogen) atoms. The Hall–Kier alpha value is -1.39. The molecule has 0 unspecified atom stereocenters. The van der Waals surface area contributed by atoms with Gasteiger partial charge in [0.2, 0.25) is 0 Å². The van der Waals surface area contributed by atoms with E-state index in [0.29, 0.717) is 17.3 Å². The molecule has 3 nitrogen and oxygen atoms in total. The minimum atomic E-state index is -0.181. The topological polar surface area (TPSA) is 42.0 Å². The highest BCUT2D eigenvalue weighted by Gasteiger charge is 2.08. The Kier molecular flexibility index (Phi) is 4.56. The summed E-state index contributed by atoms with van der Waals surface area (Å²) in [7, 11) is 0. The van der Waals surface area contributed by atoms with Crippen LogP contribution in [0.25, 0.3) is 0 Å². The zero-order valence-corrected chi connectivity index (χ0v) is 12.6. The molecule has 1 aromatic heterocycles. The molecule has 0 aliphatic carbocycles. The third kappa shape index (κ3) is 3.55. The summed E-state index contributed by atoms with van der Waals surface area (Å²) in [6.07, 6.45) is 1.65. The predicted molar refractivity (Wildman–Crippen MR) is 80.6 cm³/mol. The van der Waals surface area contributed by atoms with Crippen molar-refractivity contribution in [3.8, 4) is 0 Å². The summed E-state index contributed by atoms with van der Waals surface area (Å²) in [5.74, 6) is 0.823. The third-order valence-electron chi connectivity index (χ3n) is 2.65. The minimum absolute atomic E-state index is 0.181. The lowest BCUT2D eigenvalue weighted by atomic mass is 10.1. The van der Waals surface area contributed by atoms with Gasteiger partial charge < -0.3 is 5.32 Å². The first-order chi connectivity index (χ1) is 9.10. The molecule has 0 fully saturated rings. The second-order valence-electron chi connectivity index (χ2n) is 4.10. The van der Waals surface area contributed by atoms with Crippen LogP contribution >= 0.6 is 27.5 Å². The summed E-state index contributed by atoms with van der Waals surface area (Å²) in [6, 6.07) is 9.08. The van der Waals surface area contributed by atoms with Crippen molar-refractivity contribution in [3.05, 3.63) is 57.7 Å². The van der Waals surface area contributed by atoms with E-state index in [1.165, 1.54) is 0 Å². The van der Waals surface area contributed by atoms with E-state index in [-0.39, 0.29) is 5.91 Å². The lowest BCUT2D eigenvalue weighted by Crippen LogP contribution is -2.13. The molecule has 2 rings (SSSR count). The van der Waals surface area contributed by atoms with Crippen molar-refractivity contribution in [2.45, 2.75) is 12.8 Å². The van der Waals surface area contributed by atoms with Crippen molar-refractivity contribution in [2.75, 3.05) is 5.32 Å². The van der Waals surface area contributed by atoms with E-state index < -0.39 is 0 Å². The summed E-state index contributed by atoms with van der Waals surface area (Å²) >= 11 is 9.04. The fraction of sp³-hybridized carbons (Fsp3) is 0.143. The molecule has 0 saturated carbocycles. The first-order valence-electron chi connectivity index (χ1n) is 5.68. The molecule has 1 heterocycles. The van der Waals surface area contributed by atoms with Gasteiger partial charge in [-0.15, -0.1) is 11.6 Å². The molecular formula is C14H12BrClN2O. The first kappa shape index (κ1) is 14.0. The number of aromatic nitrogens is 1. The minimum Gasteiger partial charge on any atom is -0.306 e. The Bertz CT molecular complexity index is 599. The summed E-state index contributed by atoms with van der Waals surface area (Å²) in [5, 5.41) is 2.79. The van der Waals surface area contributed by atoms with Crippen LogP contribution in [0.1, 0.15) is 21.5 Å². The van der Waals surface area contributed by atoms with Crippen LogP contribution in [0, 0.1) is 6.92 Å². The summed E-state index contributed by atoms with van der Waals surface area (Å²) in [6.45, 7) is 1.89. The molecule has 1 N–H and O–H groups in total. The largest absolute Gasteiger partial charge is 0.306 e. The van der Waals surface area contributed by atoms with Gasteiger partial charge in [0.25, 0.3) is 5.91 Å². The number of nitrogens with one attached hydrogen (secondary N) is 1. The van der Waals surface area contributed by atoms with Gasteiger partial charge in [0, 0.05) is 22.1 Å². The molecule has 0 saturated heterocycles. The number of carbonyl (C=O) groups excluding carboxylic acids is 1. The van der Waals surface area contributed by atoms with Crippen LogP contribution in [0.2, 0.25) is 0 Å². The molecule has 1 aromatic carbocycles. The van der Waals surface area contributed by atoms with E-state index in [1.807, 2.05) is 25.1 Å². The molecule has 2 aromatic rings. The van der Waals surface area contributed by atoms with Gasteiger partial charge in [0.1, 0.15) is 5.82 Å². The molecule has 5 heteroatoms. The van der Waals surface area contributed by atoms with E-state index in [2.05, 4.69) is 26.2 Å². The maximum absolute atomic E-state index is 12.1. The Labute approximate surface area is 125 Å². The number of alkyl halides is 1. The van der Waals surface area contributed by atoms with Crippen LogP contribution in [-0.2, 0) is 5.88 Å². The van der Waals surface area contributed by atoms with E-state index in [1.54, 1.807) is 18.3 Å². The number of hydrogen-bond acceptors (Lipinski definition) is 2. The lowest BCUT2D eigenvalue weighted by Gasteiger charge is -2.08. The SMILES string of the molecule is Cc1cc(Br)cnc1NC(=O)c1ccc(CCl)cc1. The van der Waals surface area contributed by atoms with Crippen molar-refractivity contribution in [1.29, 1.82) is 0 Å². The number of halogens is 2. The van der Waals surface area contributed by atoms with Crippen molar-refractivity contribution in [2.24, 2.45) is 0 Å². The molecule has 0 bridgehead atoms. The number of benzene rings is 1. The molecule has 0 aliphatic heterocycles. The molecule has 98 valence electrons. The number of nitrogens with zero attached hydrogens (tertiary/aromatic N) is 1. The van der Waals surface area contributed by atoms with E-state index in [4.69, 9.17) is 11.6 Å². The number of carbonyl (C=O) groups is 1. The Morgan fingerprint density at radius 2 is 2.05 bits per heavy atom. The van der Waals surface area contributed by atoms with Crippen LogP contribution in [0.4, 0.5) is 5.82 Å². The molecule has 0 atom stereocenters. The molecule has 0 radical (unpaired) electrons.